The fourth-order valence-corrected chi connectivity index (χ4v) is 3.10. The normalized spacial score (nSPS) is 19.1. The second kappa shape index (κ2) is 6.90. The number of nitrogens with one attached hydrogen (secondary N) is 1. The van der Waals surface area contributed by atoms with Crippen LogP contribution in [0.4, 0.5) is 0 Å². The molecule has 1 amide bonds. The highest BCUT2D eigenvalue weighted by Gasteiger charge is 2.14. The lowest BCUT2D eigenvalue weighted by Gasteiger charge is -2.09. The summed E-state index contributed by atoms with van der Waals surface area (Å²) in [6.07, 6.45) is 6.19. The molecule has 2 rings (SSSR count). The molecule has 0 aromatic carbocycles. The summed E-state index contributed by atoms with van der Waals surface area (Å²) in [5.74, 6) is 0.0691. The third-order valence-corrected chi connectivity index (χ3v) is 4.35. The van der Waals surface area contributed by atoms with Crippen molar-refractivity contribution in [2.75, 3.05) is 13.2 Å². The van der Waals surface area contributed by atoms with E-state index in [0.29, 0.717) is 6.10 Å². The summed E-state index contributed by atoms with van der Waals surface area (Å²) >= 11 is 1.51. The topological polar surface area (TPSA) is 38.3 Å². The lowest BCUT2D eigenvalue weighted by atomic mass is 10.1. The van der Waals surface area contributed by atoms with Gasteiger partial charge in [0, 0.05) is 13.2 Å². The first kappa shape index (κ1) is 13.6. The monoisotopic (exact) mass is 267 g/mol. The molecule has 1 aromatic heterocycles. The predicted octanol–water partition coefficient (Wildman–Crippen LogP) is 3.14. The Morgan fingerprint density at radius 1 is 1.56 bits per heavy atom. The molecule has 0 bridgehead atoms. The summed E-state index contributed by atoms with van der Waals surface area (Å²) in [7, 11) is 0. The van der Waals surface area contributed by atoms with Crippen LogP contribution in [0.2, 0.25) is 0 Å². The molecule has 0 radical (unpaired) electrons. The van der Waals surface area contributed by atoms with Crippen LogP contribution in [0, 0.1) is 6.92 Å². The maximum absolute atomic E-state index is 11.8. The number of unbranched alkanes of at least 4 members (excludes halogenated alkanes) is 1. The number of aryl methyl sites for hydroxylation is 1. The number of carbonyl (C=O) groups excluding carboxylic acids is 1. The minimum atomic E-state index is 0.0691. The van der Waals surface area contributed by atoms with Crippen LogP contribution in [-0.4, -0.2) is 25.2 Å². The molecular formula is C14H21NO2S. The zero-order valence-corrected chi connectivity index (χ0v) is 11.7. The summed E-state index contributed by atoms with van der Waals surface area (Å²) in [5, 5.41) is 4.94. The largest absolute Gasteiger partial charge is 0.378 e. The van der Waals surface area contributed by atoms with Crippen LogP contribution < -0.4 is 5.32 Å². The van der Waals surface area contributed by atoms with Gasteiger partial charge < -0.3 is 10.1 Å². The van der Waals surface area contributed by atoms with Gasteiger partial charge in [0.15, 0.2) is 0 Å². The van der Waals surface area contributed by atoms with E-state index in [-0.39, 0.29) is 5.91 Å². The third-order valence-electron chi connectivity index (χ3n) is 3.33. The fraction of sp³-hybridized carbons (Fsp3) is 0.643. The van der Waals surface area contributed by atoms with Crippen molar-refractivity contribution in [3.63, 3.8) is 0 Å². The Hall–Kier alpha value is -0.870. The van der Waals surface area contributed by atoms with Gasteiger partial charge in [-0.3, -0.25) is 4.79 Å². The molecule has 1 N–H and O–H groups in total. The van der Waals surface area contributed by atoms with E-state index in [9.17, 15) is 4.79 Å². The molecule has 1 aliphatic rings. The number of carbonyl (C=O) groups is 1. The summed E-state index contributed by atoms with van der Waals surface area (Å²) in [5.41, 5.74) is 1.07. The molecule has 1 atom stereocenters. The van der Waals surface area contributed by atoms with Crippen LogP contribution in [0.25, 0.3) is 0 Å². The third kappa shape index (κ3) is 3.82. The SMILES string of the molecule is Cc1ccsc1C(=O)NCCCC[C@@H]1CCCO1. The highest BCUT2D eigenvalue weighted by molar-refractivity contribution is 7.12. The summed E-state index contributed by atoms with van der Waals surface area (Å²) in [6, 6.07) is 1.98. The van der Waals surface area contributed by atoms with Crippen molar-refractivity contribution in [1.82, 2.24) is 5.32 Å². The van der Waals surface area contributed by atoms with Gasteiger partial charge in [-0.2, -0.15) is 0 Å². The Kier molecular flexibility index (Phi) is 5.20. The Morgan fingerprint density at radius 2 is 2.44 bits per heavy atom. The molecule has 0 aliphatic carbocycles. The van der Waals surface area contributed by atoms with Gasteiger partial charge in [0.1, 0.15) is 0 Å². The number of ether oxygens (including phenoxy) is 1. The van der Waals surface area contributed by atoms with Crippen LogP contribution >= 0.6 is 11.3 Å². The molecule has 1 saturated heterocycles. The zero-order valence-electron chi connectivity index (χ0n) is 10.9. The minimum absolute atomic E-state index is 0.0691. The van der Waals surface area contributed by atoms with Gasteiger partial charge >= 0.3 is 0 Å². The highest BCUT2D eigenvalue weighted by atomic mass is 32.1. The first-order chi connectivity index (χ1) is 8.77. The van der Waals surface area contributed by atoms with Crippen LogP contribution in [-0.2, 0) is 4.74 Å². The Labute approximate surface area is 113 Å². The van der Waals surface area contributed by atoms with Gasteiger partial charge in [0.05, 0.1) is 11.0 Å². The van der Waals surface area contributed by atoms with Crippen molar-refractivity contribution in [2.45, 2.75) is 45.1 Å². The number of hydrogen-bond acceptors (Lipinski definition) is 3. The molecule has 0 saturated carbocycles. The second-order valence-corrected chi connectivity index (χ2v) is 5.74. The Bertz CT molecular complexity index is 383. The van der Waals surface area contributed by atoms with E-state index in [2.05, 4.69) is 5.32 Å². The van der Waals surface area contributed by atoms with Crippen molar-refractivity contribution in [1.29, 1.82) is 0 Å². The van der Waals surface area contributed by atoms with Gasteiger partial charge in [0.25, 0.3) is 5.91 Å². The van der Waals surface area contributed by atoms with Crippen LogP contribution in [0.3, 0.4) is 0 Å². The smallest absolute Gasteiger partial charge is 0.261 e. The summed E-state index contributed by atoms with van der Waals surface area (Å²) in [6.45, 7) is 3.67. The molecule has 3 nitrogen and oxygen atoms in total. The maximum atomic E-state index is 11.8. The van der Waals surface area contributed by atoms with Crippen molar-refractivity contribution in [3.8, 4) is 0 Å². The number of thiophene rings is 1. The van der Waals surface area contributed by atoms with Crippen molar-refractivity contribution in [2.24, 2.45) is 0 Å². The van der Waals surface area contributed by atoms with E-state index in [0.717, 1.165) is 42.9 Å². The lowest BCUT2D eigenvalue weighted by Crippen LogP contribution is -2.24. The fourth-order valence-electron chi connectivity index (χ4n) is 2.26. The van der Waals surface area contributed by atoms with Crippen LogP contribution in [0.15, 0.2) is 11.4 Å². The van der Waals surface area contributed by atoms with E-state index in [1.165, 1.54) is 24.2 Å². The molecule has 1 aromatic rings. The molecule has 1 aliphatic heterocycles. The predicted molar refractivity (Wildman–Crippen MR) is 74.2 cm³/mol. The standard InChI is InChI=1S/C14H21NO2S/c1-11-7-10-18-13(11)14(16)15-8-3-2-5-12-6-4-9-17-12/h7,10,12H,2-6,8-9H2,1H3,(H,15,16)/t12-/m1/s1. The molecular weight excluding hydrogens is 246 g/mol. The summed E-state index contributed by atoms with van der Waals surface area (Å²) in [4.78, 5) is 12.7. The lowest BCUT2D eigenvalue weighted by molar-refractivity contribution is 0.0950. The maximum Gasteiger partial charge on any atom is 0.261 e. The highest BCUT2D eigenvalue weighted by Crippen LogP contribution is 2.17. The molecule has 18 heavy (non-hydrogen) atoms. The molecule has 0 unspecified atom stereocenters. The number of amides is 1. The van der Waals surface area contributed by atoms with Gasteiger partial charge in [-0.05, 0) is 56.0 Å². The molecule has 100 valence electrons. The van der Waals surface area contributed by atoms with Crippen LogP contribution in [0.5, 0.6) is 0 Å². The van der Waals surface area contributed by atoms with E-state index in [1.54, 1.807) is 0 Å². The zero-order chi connectivity index (χ0) is 12.8. The van der Waals surface area contributed by atoms with E-state index in [1.807, 2.05) is 18.4 Å². The minimum Gasteiger partial charge on any atom is -0.378 e. The van der Waals surface area contributed by atoms with E-state index < -0.39 is 0 Å². The van der Waals surface area contributed by atoms with Gasteiger partial charge in [-0.1, -0.05) is 0 Å². The van der Waals surface area contributed by atoms with E-state index >= 15 is 0 Å². The number of rotatable bonds is 6. The average molecular weight is 267 g/mol. The van der Waals surface area contributed by atoms with Crippen molar-refractivity contribution < 1.29 is 9.53 Å². The number of hydrogen-bond donors (Lipinski definition) is 1. The first-order valence-corrected chi connectivity index (χ1v) is 7.59. The van der Waals surface area contributed by atoms with E-state index in [4.69, 9.17) is 4.74 Å². The molecule has 2 heterocycles. The van der Waals surface area contributed by atoms with Gasteiger partial charge in [0.2, 0.25) is 0 Å². The average Bonchev–Trinajstić information content (AvgIpc) is 2.99. The molecule has 0 spiro atoms. The molecule has 1 fully saturated rings. The molecule has 4 heteroatoms. The van der Waals surface area contributed by atoms with Crippen molar-refractivity contribution in [3.05, 3.63) is 21.9 Å². The Balaban J connectivity index is 1.58. The van der Waals surface area contributed by atoms with Gasteiger partial charge in [-0.25, -0.2) is 0 Å². The first-order valence-electron chi connectivity index (χ1n) is 6.71. The summed E-state index contributed by atoms with van der Waals surface area (Å²) < 4.78 is 5.57. The Morgan fingerprint density at radius 3 is 3.11 bits per heavy atom. The van der Waals surface area contributed by atoms with Gasteiger partial charge in [-0.15, -0.1) is 11.3 Å². The van der Waals surface area contributed by atoms with Crippen LogP contribution in [0.1, 0.15) is 47.3 Å². The quantitative estimate of drug-likeness (QED) is 0.804. The van der Waals surface area contributed by atoms with Crippen molar-refractivity contribution >= 4 is 17.2 Å². The second-order valence-electron chi connectivity index (χ2n) is 4.82.